The molecule has 1 nitrogen and oxygen atoms in total. The van der Waals surface area contributed by atoms with E-state index in [2.05, 4.69) is 54.4 Å². The number of hydrogen-bond donors (Lipinski definition) is 0. The summed E-state index contributed by atoms with van der Waals surface area (Å²) in [5.74, 6) is 0. The smallest absolute Gasteiger partial charge is 0.0343 e. The van der Waals surface area contributed by atoms with Crippen LogP contribution in [0, 0.1) is 0 Å². The molecule has 0 saturated heterocycles. The Morgan fingerprint density at radius 3 is 2.60 bits per heavy atom. The molecule has 1 aromatic carbocycles. The fourth-order valence-corrected chi connectivity index (χ4v) is 2.70. The number of aryl methyl sites for hydroxylation is 1. The second kappa shape index (κ2) is 5.87. The molecule has 1 aliphatic rings. The highest BCUT2D eigenvalue weighted by Crippen LogP contribution is 2.34. The Balaban J connectivity index is 2.07. The second-order valence-electron chi connectivity index (χ2n) is 5.13. The molecular formula is C19H19N. The average Bonchev–Trinajstić information content (AvgIpc) is 2.56. The Kier molecular flexibility index (Phi) is 3.78. The number of benzene rings is 1. The molecule has 0 amide bonds. The Hall–Kier alpha value is -2.15. The molecule has 0 N–H and O–H groups in total. The topological polar surface area (TPSA) is 12.9 Å². The first-order valence-corrected chi connectivity index (χ1v) is 7.28. The van der Waals surface area contributed by atoms with E-state index in [0.29, 0.717) is 0 Å². The summed E-state index contributed by atoms with van der Waals surface area (Å²) >= 11 is 0. The van der Waals surface area contributed by atoms with Crippen molar-refractivity contribution in [2.24, 2.45) is 0 Å². The molecule has 1 heteroatoms. The van der Waals surface area contributed by atoms with Gasteiger partial charge in [0.15, 0.2) is 0 Å². The number of hydrogen-bond acceptors (Lipinski definition) is 1. The van der Waals surface area contributed by atoms with E-state index >= 15 is 0 Å². The lowest BCUT2D eigenvalue weighted by Gasteiger charge is -2.17. The zero-order valence-electron chi connectivity index (χ0n) is 11.8. The van der Waals surface area contributed by atoms with E-state index in [1.807, 2.05) is 18.5 Å². The first-order chi connectivity index (χ1) is 9.88. The molecule has 1 aromatic heterocycles. The Morgan fingerprint density at radius 1 is 1.05 bits per heavy atom. The SMILES string of the molecule is CCc1ccc(C2=C(c3cccnc3)CCC=C2)cc1. The van der Waals surface area contributed by atoms with Gasteiger partial charge in [-0.15, -0.1) is 0 Å². The highest BCUT2D eigenvalue weighted by molar-refractivity contribution is 5.96. The minimum Gasteiger partial charge on any atom is -0.264 e. The molecule has 0 saturated carbocycles. The molecule has 0 bridgehead atoms. The van der Waals surface area contributed by atoms with E-state index < -0.39 is 0 Å². The van der Waals surface area contributed by atoms with Crippen LogP contribution in [0.5, 0.6) is 0 Å². The Bertz CT molecular complexity index is 633. The van der Waals surface area contributed by atoms with Crippen molar-refractivity contribution in [3.63, 3.8) is 0 Å². The number of allylic oxidation sites excluding steroid dienone is 4. The van der Waals surface area contributed by atoms with E-state index in [4.69, 9.17) is 0 Å². The monoisotopic (exact) mass is 261 g/mol. The Labute approximate surface area is 120 Å². The molecule has 20 heavy (non-hydrogen) atoms. The third-order valence-electron chi connectivity index (χ3n) is 3.85. The number of pyridine rings is 1. The number of rotatable bonds is 3. The van der Waals surface area contributed by atoms with Crippen LogP contribution in [-0.2, 0) is 6.42 Å². The maximum Gasteiger partial charge on any atom is 0.0343 e. The summed E-state index contributed by atoms with van der Waals surface area (Å²) in [6, 6.07) is 13.1. The molecule has 0 atom stereocenters. The maximum absolute atomic E-state index is 4.26. The summed E-state index contributed by atoms with van der Waals surface area (Å²) in [5, 5.41) is 0. The van der Waals surface area contributed by atoms with Gasteiger partial charge in [0.25, 0.3) is 0 Å². The van der Waals surface area contributed by atoms with Gasteiger partial charge in [0.1, 0.15) is 0 Å². The average molecular weight is 261 g/mol. The van der Waals surface area contributed by atoms with Gasteiger partial charge >= 0.3 is 0 Å². The molecule has 0 fully saturated rings. The van der Waals surface area contributed by atoms with Crippen molar-refractivity contribution >= 4 is 11.1 Å². The zero-order chi connectivity index (χ0) is 13.8. The van der Waals surface area contributed by atoms with Gasteiger partial charge in [-0.2, -0.15) is 0 Å². The normalized spacial score (nSPS) is 14.7. The molecule has 3 rings (SSSR count). The highest BCUT2D eigenvalue weighted by atomic mass is 14.6. The molecular weight excluding hydrogens is 242 g/mol. The summed E-state index contributed by atoms with van der Waals surface area (Å²) < 4.78 is 0. The lowest BCUT2D eigenvalue weighted by molar-refractivity contribution is 1.05. The number of aromatic nitrogens is 1. The lowest BCUT2D eigenvalue weighted by atomic mass is 9.88. The van der Waals surface area contributed by atoms with Gasteiger partial charge in [-0.1, -0.05) is 49.4 Å². The predicted octanol–water partition coefficient (Wildman–Crippen LogP) is 4.90. The van der Waals surface area contributed by atoms with Crippen molar-refractivity contribution in [3.8, 4) is 0 Å². The maximum atomic E-state index is 4.26. The summed E-state index contributed by atoms with van der Waals surface area (Å²) in [7, 11) is 0. The van der Waals surface area contributed by atoms with Gasteiger partial charge in [0.2, 0.25) is 0 Å². The summed E-state index contributed by atoms with van der Waals surface area (Å²) in [6.45, 7) is 2.19. The van der Waals surface area contributed by atoms with Crippen LogP contribution in [-0.4, -0.2) is 4.98 Å². The fraction of sp³-hybridized carbons (Fsp3) is 0.211. The van der Waals surface area contributed by atoms with Crippen molar-refractivity contribution < 1.29 is 0 Å². The minimum atomic E-state index is 1.09. The van der Waals surface area contributed by atoms with Crippen LogP contribution in [0.3, 0.4) is 0 Å². The molecule has 0 unspecified atom stereocenters. The largest absolute Gasteiger partial charge is 0.264 e. The standard InChI is InChI=1S/C19H19N/c1-2-15-9-11-16(12-10-15)18-7-3-4-8-19(18)17-6-5-13-20-14-17/h3,5-7,9-14H,2,4,8H2,1H3. The van der Waals surface area contributed by atoms with Gasteiger partial charge < -0.3 is 0 Å². The molecule has 1 heterocycles. The van der Waals surface area contributed by atoms with Gasteiger partial charge in [-0.05, 0) is 53.2 Å². The van der Waals surface area contributed by atoms with E-state index in [-0.39, 0.29) is 0 Å². The van der Waals surface area contributed by atoms with Crippen LogP contribution in [0.25, 0.3) is 11.1 Å². The third-order valence-corrected chi connectivity index (χ3v) is 3.85. The molecule has 100 valence electrons. The van der Waals surface area contributed by atoms with Crippen LogP contribution in [0.1, 0.15) is 36.5 Å². The molecule has 0 radical (unpaired) electrons. The van der Waals surface area contributed by atoms with Gasteiger partial charge in [0.05, 0.1) is 0 Å². The molecule has 1 aliphatic carbocycles. The quantitative estimate of drug-likeness (QED) is 0.765. The van der Waals surface area contributed by atoms with E-state index in [1.165, 1.54) is 27.8 Å². The minimum absolute atomic E-state index is 1.09. The summed E-state index contributed by atoms with van der Waals surface area (Å²) in [5.41, 5.74) is 6.68. The van der Waals surface area contributed by atoms with Gasteiger partial charge in [-0.25, -0.2) is 0 Å². The van der Waals surface area contributed by atoms with Crippen molar-refractivity contribution in [2.75, 3.05) is 0 Å². The van der Waals surface area contributed by atoms with Crippen molar-refractivity contribution in [1.29, 1.82) is 0 Å². The summed E-state index contributed by atoms with van der Waals surface area (Å²) in [6.07, 6.45) is 11.6. The van der Waals surface area contributed by atoms with Crippen LogP contribution in [0.4, 0.5) is 0 Å². The first kappa shape index (κ1) is 12.9. The van der Waals surface area contributed by atoms with E-state index in [0.717, 1.165) is 19.3 Å². The van der Waals surface area contributed by atoms with Crippen molar-refractivity contribution in [1.82, 2.24) is 4.98 Å². The number of nitrogens with zero attached hydrogens (tertiary/aromatic N) is 1. The molecule has 2 aromatic rings. The first-order valence-electron chi connectivity index (χ1n) is 7.28. The zero-order valence-corrected chi connectivity index (χ0v) is 11.8. The second-order valence-corrected chi connectivity index (χ2v) is 5.13. The van der Waals surface area contributed by atoms with Crippen LogP contribution in [0.2, 0.25) is 0 Å². The van der Waals surface area contributed by atoms with E-state index in [1.54, 1.807) is 0 Å². The van der Waals surface area contributed by atoms with E-state index in [9.17, 15) is 0 Å². The van der Waals surface area contributed by atoms with Crippen LogP contribution >= 0.6 is 0 Å². The van der Waals surface area contributed by atoms with Crippen molar-refractivity contribution in [2.45, 2.75) is 26.2 Å². The molecule has 0 spiro atoms. The third kappa shape index (κ3) is 2.57. The van der Waals surface area contributed by atoms with Gasteiger partial charge in [0, 0.05) is 12.4 Å². The lowest BCUT2D eigenvalue weighted by Crippen LogP contribution is -1.96. The summed E-state index contributed by atoms with van der Waals surface area (Å²) in [4.78, 5) is 4.26. The van der Waals surface area contributed by atoms with Crippen LogP contribution in [0.15, 0.2) is 60.9 Å². The fourth-order valence-electron chi connectivity index (χ4n) is 2.70. The van der Waals surface area contributed by atoms with Gasteiger partial charge in [-0.3, -0.25) is 4.98 Å². The van der Waals surface area contributed by atoms with Crippen molar-refractivity contribution in [3.05, 3.63) is 77.6 Å². The Morgan fingerprint density at radius 2 is 1.90 bits per heavy atom. The highest BCUT2D eigenvalue weighted by Gasteiger charge is 2.12. The van der Waals surface area contributed by atoms with Crippen LogP contribution < -0.4 is 0 Å². The molecule has 0 aliphatic heterocycles. The predicted molar refractivity (Wildman–Crippen MR) is 85.2 cm³/mol.